The molecule has 2 nitrogen and oxygen atoms in total. The van der Waals surface area contributed by atoms with Gasteiger partial charge in [-0.2, -0.15) is 0 Å². The van der Waals surface area contributed by atoms with Gasteiger partial charge in [-0.15, -0.1) is 36.2 Å². The average Bonchev–Trinajstić information content (AvgIpc) is 2.87. The summed E-state index contributed by atoms with van der Waals surface area (Å²) in [6.07, 6.45) is 5.64. The van der Waals surface area contributed by atoms with Gasteiger partial charge in [0.15, 0.2) is 0 Å². The normalized spacial score (nSPS) is 22.5. The molecule has 0 atom stereocenters. The molecule has 19 heavy (non-hydrogen) atoms. The van der Waals surface area contributed by atoms with E-state index in [4.69, 9.17) is 0 Å². The van der Waals surface area contributed by atoms with Crippen molar-refractivity contribution in [3.05, 3.63) is 22.4 Å². The lowest BCUT2D eigenvalue weighted by Gasteiger charge is -2.44. The molecule has 1 spiro atoms. The second-order valence-electron chi connectivity index (χ2n) is 5.61. The van der Waals surface area contributed by atoms with E-state index >= 15 is 0 Å². The van der Waals surface area contributed by atoms with E-state index in [2.05, 4.69) is 27.7 Å². The minimum absolute atomic E-state index is 0. The molecule has 1 aromatic rings. The lowest BCUT2D eigenvalue weighted by Crippen LogP contribution is -2.45. The highest BCUT2D eigenvalue weighted by atomic mass is 35.5. The van der Waals surface area contributed by atoms with E-state index in [1.165, 1.54) is 63.3 Å². The number of nitrogens with one attached hydrogen (secondary N) is 1. The zero-order valence-electron chi connectivity index (χ0n) is 11.3. The van der Waals surface area contributed by atoms with E-state index in [0.717, 1.165) is 0 Å². The van der Waals surface area contributed by atoms with Gasteiger partial charge in [0, 0.05) is 11.4 Å². The van der Waals surface area contributed by atoms with Gasteiger partial charge in [0.1, 0.15) is 0 Å². The van der Waals surface area contributed by atoms with Crippen LogP contribution in [0, 0.1) is 5.41 Å². The van der Waals surface area contributed by atoms with Crippen LogP contribution in [0.25, 0.3) is 0 Å². The van der Waals surface area contributed by atoms with E-state index < -0.39 is 0 Å². The molecule has 110 valence electrons. The van der Waals surface area contributed by atoms with Gasteiger partial charge in [-0.05, 0) is 68.7 Å². The molecule has 0 aromatic carbocycles. The van der Waals surface area contributed by atoms with Crippen molar-refractivity contribution >= 4 is 36.2 Å². The third-order valence-corrected chi connectivity index (χ3v) is 5.40. The Morgan fingerprint density at radius 2 is 1.79 bits per heavy atom. The number of hydrogen-bond donors (Lipinski definition) is 1. The molecule has 5 heteroatoms. The molecule has 0 amide bonds. The Labute approximate surface area is 132 Å². The van der Waals surface area contributed by atoms with E-state index in [1.807, 2.05) is 11.3 Å². The van der Waals surface area contributed by atoms with Crippen molar-refractivity contribution in [3.8, 4) is 0 Å². The summed E-state index contributed by atoms with van der Waals surface area (Å²) in [5.74, 6) is 0. The number of thiophene rings is 1. The Morgan fingerprint density at radius 1 is 1.11 bits per heavy atom. The smallest absolute Gasteiger partial charge is 0.0327 e. The third kappa shape index (κ3) is 4.33. The molecule has 1 aromatic heterocycles. The molecule has 0 unspecified atom stereocenters. The maximum atomic E-state index is 3.49. The maximum absolute atomic E-state index is 3.49. The van der Waals surface area contributed by atoms with Gasteiger partial charge >= 0.3 is 0 Å². The predicted molar refractivity (Wildman–Crippen MR) is 87.9 cm³/mol. The van der Waals surface area contributed by atoms with E-state index in [1.54, 1.807) is 0 Å². The Bertz CT molecular complexity index is 340. The first-order valence-electron chi connectivity index (χ1n) is 6.82. The Balaban J connectivity index is 0.000000902. The average molecular weight is 323 g/mol. The number of piperidine rings is 2. The van der Waals surface area contributed by atoms with Crippen molar-refractivity contribution in [1.82, 2.24) is 10.2 Å². The molecule has 3 heterocycles. The van der Waals surface area contributed by atoms with Gasteiger partial charge in [0.2, 0.25) is 0 Å². The molecule has 0 saturated carbocycles. The van der Waals surface area contributed by atoms with Gasteiger partial charge in [-0.3, -0.25) is 4.90 Å². The van der Waals surface area contributed by atoms with Crippen LogP contribution in [0.15, 0.2) is 17.5 Å². The number of nitrogens with zero attached hydrogens (tertiary/aromatic N) is 1. The van der Waals surface area contributed by atoms with Gasteiger partial charge in [-0.25, -0.2) is 0 Å². The summed E-state index contributed by atoms with van der Waals surface area (Å²) < 4.78 is 0. The van der Waals surface area contributed by atoms with E-state index in [0.29, 0.717) is 5.41 Å². The molecule has 2 saturated heterocycles. The molecule has 3 rings (SSSR count). The Hall–Kier alpha value is 0.200. The summed E-state index contributed by atoms with van der Waals surface area (Å²) >= 11 is 1.89. The molecule has 0 bridgehead atoms. The number of halogens is 2. The highest BCUT2D eigenvalue weighted by Gasteiger charge is 2.35. The number of likely N-dealkylation sites (tertiary alicyclic amines) is 1. The van der Waals surface area contributed by atoms with Crippen LogP contribution in [-0.2, 0) is 6.54 Å². The van der Waals surface area contributed by atoms with Crippen LogP contribution in [0.1, 0.15) is 30.6 Å². The largest absolute Gasteiger partial charge is 0.317 e. The molecular weight excluding hydrogens is 299 g/mol. The van der Waals surface area contributed by atoms with Gasteiger partial charge in [-0.1, -0.05) is 6.07 Å². The van der Waals surface area contributed by atoms with E-state index in [-0.39, 0.29) is 24.8 Å². The fourth-order valence-electron chi connectivity index (χ4n) is 3.27. The summed E-state index contributed by atoms with van der Waals surface area (Å²) in [5, 5.41) is 5.68. The van der Waals surface area contributed by atoms with Crippen molar-refractivity contribution in [3.63, 3.8) is 0 Å². The molecule has 1 N–H and O–H groups in total. The van der Waals surface area contributed by atoms with E-state index in [9.17, 15) is 0 Å². The van der Waals surface area contributed by atoms with Crippen LogP contribution < -0.4 is 5.32 Å². The van der Waals surface area contributed by atoms with Crippen molar-refractivity contribution in [1.29, 1.82) is 0 Å². The fourth-order valence-corrected chi connectivity index (χ4v) is 4.01. The quantitative estimate of drug-likeness (QED) is 0.895. The van der Waals surface area contributed by atoms with Crippen LogP contribution >= 0.6 is 36.2 Å². The summed E-state index contributed by atoms with van der Waals surface area (Å²) in [5.41, 5.74) is 0.692. The molecule has 2 fully saturated rings. The second-order valence-corrected chi connectivity index (χ2v) is 6.64. The Kier molecular flexibility index (Phi) is 7.12. The minimum atomic E-state index is 0. The van der Waals surface area contributed by atoms with Crippen LogP contribution in [0.3, 0.4) is 0 Å². The van der Waals surface area contributed by atoms with Crippen LogP contribution in [-0.4, -0.2) is 31.1 Å². The minimum Gasteiger partial charge on any atom is -0.317 e. The highest BCUT2D eigenvalue weighted by molar-refractivity contribution is 7.09. The highest BCUT2D eigenvalue weighted by Crippen LogP contribution is 2.39. The zero-order chi connectivity index (χ0) is 11.6. The number of rotatable bonds is 2. The molecule has 0 radical (unpaired) electrons. The maximum Gasteiger partial charge on any atom is 0.0327 e. The molecule has 2 aliphatic heterocycles. The SMILES string of the molecule is Cl.Cl.c1csc(CN2CCC3(CCNCC3)CC2)c1. The Morgan fingerprint density at radius 3 is 2.37 bits per heavy atom. The summed E-state index contributed by atoms with van der Waals surface area (Å²) in [6.45, 7) is 6.26. The van der Waals surface area contributed by atoms with Crippen LogP contribution in [0.2, 0.25) is 0 Å². The van der Waals surface area contributed by atoms with Crippen molar-refractivity contribution in [2.45, 2.75) is 32.2 Å². The third-order valence-electron chi connectivity index (χ3n) is 4.54. The monoisotopic (exact) mass is 322 g/mol. The predicted octanol–water partition coefficient (Wildman–Crippen LogP) is 3.56. The lowest BCUT2D eigenvalue weighted by atomic mass is 9.71. The lowest BCUT2D eigenvalue weighted by molar-refractivity contribution is 0.0706. The van der Waals surface area contributed by atoms with Gasteiger partial charge in [0.25, 0.3) is 0 Å². The van der Waals surface area contributed by atoms with Crippen molar-refractivity contribution in [2.24, 2.45) is 5.41 Å². The summed E-state index contributed by atoms with van der Waals surface area (Å²) in [6, 6.07) is 4.43. The summed E-state index contributed by atoms with van der Waals surface area (Å²) in [4.78, 5) is 4.16. The van der Waals surface area contributed by atoms with Gasteiger partial charge < -0.3 is 5.32 Å². The second kappa shape index (κ2) is 7.84. The molecule has 2 aliphatic rings. The molecular formula is C14H24Cl2N2S. The standard InChI is InChI=1S/C14H22N2S.2ClH/c1-2-13(17-11-1)12-16-9-5-14(6-10-16)3-7-15-8-4-14;;/h1-2,11,15H,3-10,12H2;2*1H. The zero-order valence-corrected chi connectivity index (χ0v) is 13.7. The van der Waals surface area contributed by atoms with Crippen molar-refractivity contribution < 1.29 is 0 Å². The topological polar surface area (TPSA) is 15.3 Å². The first-order valence-corrected chi connectivity index (χ1v) is 7.70. The van der Waals surface area contributed by atoms with Crippen LogP contribution in [0.4, 0.5) is 0 Å². The first kappa shape index (κ1) is 17.3. The van der Waals surface area contributed by atoms with Crippen LogP contribution in [0.5, 0.6) is 0 Å². The summed E-state index contributed by atoms with van der Waals surface area (Å²) in [7, 11) is 0. The molecule has 0 aliphatic carbocycles. The first-order chi connectivity index (χ1) is 8.36. The van der Waals surface area contributed by atoms with Crippen molar-refractivity contribution in [2.75, 3.05) is 26.2 Å². The fraction of sp³-hybridized carbons (Fsp3) is 0.714. The number of hydrogen-bond acceptors (Lipinski definition) is 3. The van der Waals surface area contributed by atoms with Gasteiger partial charge in [0.05, 0.1) is 0 Å².